The van der Waals surface area contributed by atoms with Gasteiger partial charge in [0, 0.05) is 12.7 Å². The van der Waals surface area contributed by atoms with E-state index in [2.05, 4.69) is 16.9 Å². The van der Waals surface area contributed by atoms with Gasteiger partial charge in [0.05, 0.1) is 0 Å². The molecule has 10 heavy (non-hydrogen) atoms. The molecule has 2 aliphatic rings. The van der Waals surface area contributed by atoms with Gasteiger partial charge in [-0.05, 0) is 25.5 Å². The van der Waals surface area contributed by atoms with Crippen molar-refractivity contribution in [3.05, 3.63) is 12.3 Å². The molecule has 0 saturated carbocycles. The number of rotatable bonds is 0. The van der Waals surface area contributed by atoms with Gasteiger partial charge in [-0.25, -0.2) is 0 Å². The molecule has 0 aromatic carbocycles. The molecule has 3 heteroatoms. The lowest BCUT2D eigenvalue weighted by Crippen LogP contribution is -2.45. The smallest absolute Gasteiger partial charge is 0.128 e. The number of nitrogens with one attached hydrogen (secondary N) is 2. The third-order valence-corrected chi connectivity index (χ3v) is 2.10. The van der Waals surface area contributed by atoms with Crippen LogP contribution in [0.5, 0.6) is 0 Å². The first-order valence-electron chi connectivity index (χ1n) is 3.73. The molecule has 0 amide bonds. The van der Waals surface area contributed by atoms with Crippen molar-refractivity contribution in [1.29, 1.82) is 0 Å². The van der Waals surface area contributed by atoms with Crippen molar-refractivity contribution in [2.45, 2.75) is 18.4 Å². The van der Waals surface area contributed by atoms with E-state index in [-0.39, 0.29) is 5.60 Å². The average molecular weight is 140 g/mol. The third-order valence-electron chi connectivity index (χ3n) is 2.10. The van der Waals surface area contributed by atoms with Gasteiger partial charge in [-0.2, -0.15) is 0 Å². The van der Waals surface area contributed by atoms with Crippen molar-refractivity contribution in [2.24, 2.45) is 0 Å². The molecule has 0 radical (unpaired) electrons. The van der Waals surface area contributed by atoms with Crippen LogP contribution in [0.3, 0.4) is 0 Å². The summed E-state index contributed by atoms with van der Waals surface area (Å²) in [5.74, 6) is 0. The fourth-order valence-corrected chi connectivity index (χ4v) is 1.50. The van der Waals surface area contributed by atoms with Crippen LogP contribution in [0.15, 0.2) is 12.3 Å². The molecular formula is C7H12N2O. The van der Waals surface area contributed by atoms with Crippen LogP contribution in [0.2, 0.25) is 0 Å². The van der Waals surface area contributed by atoms with E-state index >= 15 is 0 Å². The van der Waals surface area contributed by atoms with Gasteiger partial charge in [0.25, 0.3) is 0 Å². The molecule has 2 N–H and O–H groups in total. The lowest BCUT2D eigenvalue weighted by molar-refractivity contribution is -0.0494. The maximum Gasteiger partial charge on any atom is 0.128 e. The van der Waals surface area contributed by atoms with Crippen LogP contribution in [0.4, 0.5) is 0 Å². The third kappa shape index (κ3) is 0.914. The van der Waals surface area contributed by atoms with Crippen molar-refractivity contribution in [1.82, 2.24) is 10.8 Å². The fraction of sp³-hybridized carbons (Fsp3) is 0.714. The topological polar surface area (TPSA) is 33.3 Å². The van der Waals surface area contributed by atoms with E-state index in [1.54, 1.807) is 0 Å². The van der Waals surface area contributed by atoms with Crippen molar-refractivity contribution in [3.8, 4) is 0 Å². The molecular weight excluding hydrogens is 128 g/mol. The monoisotopic (exact) mass is 140 g/mol. The highest BCUT2D eigenvalue weighted by Crippen LogP contribution is 2.23. The fourth-order valence-electron chi connectivity index (χ4n) is 1.50. The first kappa shape index (κ1) is 6.19. The van der Waals surface area contributed by atoms with E-state index in [0.717, 1.165) is 19.5 Å². The Morgan fingerprint density at radius 3 is 3.10 bits per heavy atom. The Hall–Kier alpha value is -0.540. The highest BCUT2D eigenvalue weighted by atomic mass is 16.7. The Balaban J connectivity index is 2.05. The second-order valence-electron chi connectivity index (χ2n) is 2.90. The molecule has 1 fully saturated rings. The molecule has 1 saturated heterocycles. The molecule has 3 nitrogen and oxygen atoms in total. The van der Waals surface area contributed by atoms with Gasteiger partial charge < -0.3 is 5.32 Å². The molecule has 2 aliphatic heterocycles. The maximum atomic E-state index is 5.36. The zero-order chi connectivity index (χ0) is 6.86. The summed E-state index contributed by atoms with van der Waals surface area (Å²) in [6.07, 6.45) is 6.29. The van der Waals surface area contributed by atoms with Gasteiger partial charge in [-0.15, -0.1) is 0 Å². The Morgan fingerprint density at radius 2 is 2.50 bits per heavy atom. The molecule has 1 atom stereocenters. The number of hydrogen-bond donors (Lipinski definition) is 2. The first-order chi connectivity index (χ1) is 4.91. The molecule has 0 aromatic rings. The van der Waals surface area contributed by atoms with Crippen LogP contribution in [-0.2, 0) is 4.84 Å². The summed E-state index contributed by atoms with van der Waals surface area (Å²) in [5.41, 5.74) is 2.73. The minimum Gasteiger partial charge on any atom is -0.313 e. The summed E-state index contributed by atoms with van der Waals surface area (Å²) in [6, 6.07) is 0. The van der Waals surface area contributed by atoms with E-state index in [1.807, 2.05) is 6.20 Å². The van der Waals surface area contributed by atoms with Gasteiger partial charge in [0.1, 0.15) is 5.60 Å². The number of piperidine rings is 1. The molecule has 0 aromatic heterocycles. The standard InChI is InChI=1S/C7H12N2O/c1-2-7(6-8-4-1)3-5-9-10-7/h3,5,8-9H,1-2,4,6H2. The van der Waals surface area contributed by atoms with E-state index in [0.29, 0.717) is 0 Å². The van der Waals surface area contributed by atoms with Crippen LogP contribution in [0.1, 0.15) is 12.8 Å². The minimum atomic E-state index is -0.0295. The van der Waals surface area contributed by atoms with Gasteiger partial charge in [0.15, 0.2) is 0 Å². The van der Waals surface area contributed by atoms with Gasteiger partial charge in [-0.1, -0.05) is 0 Å². The summed E-state index contributed by atoms with van der Waals surface area (Å²) in [4.78, 5) is 5.36. The second-order valence-corrected chi connectivity index (χ2v) is 2.90. The number of hydroxylamine groups is 1. The quantitative estimate of drug-likeness (QED) is 0.502. The Morgan fingerprint density at radius 1 is 1.50 bits per heavy atom. The van der Waals surface area contributed by atoms with Crippen molar-refractivity contribution in [2.75, 3.05) is 13.1 Å². The highest BCUT2D eigenvalue weighted by molar-refractivity contribution is 5.07. The number of hydrogen-bond acceptors (Lipinski definition) is 3. The predicted octanol–water partition coefficient (Wildman–Crippen LogP) is 0.157. The van der Waals surface area contributed by atoms with Crippen LogP contribution in [-0.4, -0.2) is 18.7 Å². The summed E-state index contributed by atoms with van der Waals surface area (Å²) < 4.78 is 0. The van der Waals surface area contributed by atoms with Gasteiger partial charge in [-0.3, -0.25) is 10.3 Å². The Kier molecular flexibility index (Phi) is 1.39. The largest absolute Gasteiger partial charge is 0.313 e. The molecule has 1 spiro atoms. The Labute approximate surface area is 60.4 Å². The van der Waals surface area contributed by atoms with Crippen LogP contribution >= 0.6 is 0 Å². The van der Waals surface area contributed by atoms with Crippen LogP contribution in [0.25, 0.3) is 0 Å². The van der Waals surface area contributed by atoms with Crippen LogP contribution < -0.4 is 10.8 Å². The first-order valence-corrected chi connectivity index (χ1v) is 3.73. The minimum absolute atomic E-state index is 0.0295. The zero-order valence-electron chi connectivity index (χ0n) is 5.89. The molecule has 0 aliphatic carbocycles. The normalized spacial score (nSPS) is 38.4. The predicted molar refractivity (Wildman–Crippen MR) is 38.2 cm³/mol. The van der Waals surface area contributed by atoms with E-state index in [9.17, 15) is 0 Å². The van der Waals surface area contributed by atoms with E-state index < -0.39 is 0 Å². The summed E-state index contributed by atoms with van der Waals surface area (Å²) in [5, 5.41) is 3.30. The zero-order valence-corrected chi connectivity index (χ0v) is 5.89. The Bertz CT molecular complexity index is 150. The molecule has 2 heterocycles. The molecule has 0 bridgehead atoms. The SMILES string of the molecule is C1=CC2(CCCNC2)ON1. The summed E-state index contributed by atoms with van der Waals surface area (Å²) in [6.45, 7) is 2.06. The van der Waals surface area contributed by atoms with Crippen molar-refractivity contribution < 1.29 is 4.84 Å². The van der Waals surface area contributed by atoms with E-state index in [1.165, 1.54) is 6.42 Å². The highest BCUT2D eigenvalue weighted by Gasteiger charge is 2.33. The molecule has 56 valence electrons. The van der Waals surface area contributed by atoms with Crippen molar-refractivity contribution in [3.63, 3.8) is 0 Å². The van der Waals surface area contributed by atoms with E-state index in [4.69, 9.17) is 4.84 Å². The average Bonchev–Trinajstić information content (AvgIpc) is 2.39. The molecule has 2 rings (SSSR count). The lowest BCUT2D eigenvalue weighted by Gasteiger charge is -2.30. The molecule has 1 unspecified atom stereocenters. The van der Waals surface area contributed by atoms with Gasteiger partial charge >= 0.3 is 0 Å². The summed E-state index contributed by atoms with van der Waals surface area (Å²) in [7, 11) is 0. The summed E-state index contributed by atoms with van der Waals surface area (Å²) >= 11 is 0. The van der Waals surface area contributed by atoms with Crippen molar-refractivity contribution >= 4 is 0 Å². The van der Waals surface area contributed by atoms with Gasteiger partial charge in [0.2, 0.25) is 0 Å². The lowest BCUT2D eigenvalue weighted by atomic mass is 9.95. The second kappa shape index (κ2) is 2.25. The maximum absolute atomic E-state index is 5.36. The van der Waals surface area contributed by atoms with Crippen LogP contribution in [0, 0.1) is 0 Å².